The maximum Gasteiger partial charge on any atom is 0.295 e. The number of aliphatic hydroxyl groups excluding tert-OH is 1. The average Bonchev–Trinajstić information content (AvgIpc) is 3.44. The molecule has 1 aliphatic heterocycles. The van der Waals surface area contributed by atoms with Crippen LogP contribution >= 0.6 is 11.6 Å². The quantitative estimate of drug-likeness (QED) is 0.192. The molecule has 2 heterocycles. The van der Waals surface area contributed by atoms with Gasteiger partial charge in [-0.25, -0.2) is 0 Å². The number of hydrogen-bond donors (Lipinski definition) is 2. The summed E-state index contributed by atoms with van der Waals surface area (Å²) in [6.07, 6.45) is 2.37. The summed E-state index contributed by atoms with van der Waals surface area (Å²) in [5, 5.41) is 12.7. The van der Waals surface area contributed by atoms with Gasteiger partial charge in [-0.15, -0.1) is 0 Å². The maximum absolute atomic E-state index is 13.4. The molecule has 7 nitrogen and oxygen atoms in total. The number of aromatic amines is 1. The van der Waals surface area contributed by atoms with Gasteiger partial charge in [-0.1, -0.05) is 29.8 Å². The second-order valence-electron chi connectivity index (χ2n) is 8.72. The van der Waals surface area contributed by atoms with Crippen molar-refractivity contribution in [3.63, 3.8) is 0 Å². The highest BCUT2D eigenvalue weighted by Gasteiger charge is 2.46. The Hall–Kier alpha value is -4.23. The summed E-state index contributed by atoms with van der Waals surface area (Å²) in [4.78, 5) is 31.4. The van der Waals surface area contributed by atoms with E-state index in [0.717, 1.165) is 22.2 Å². The Balaban J connectivity index is 1.58. The first kappa shape index (κ1) is 24.5. The zero-order valence-electron chi connectivity index (χ0n) is 20.3. The average molecular weight is 517 g/mol. The fourth-order valence-electron chi connectivity index (χ4n) is 4.82. The van der Waals surface area contributed by atoms with Crippen LogP contribution in [0.2, 0.25) is 5.02 Å². The Bertz CT molecular complexity index is 1520. The third-order valence-electron chi connectivity index (χ3n) is 6.69. The number of hydrogen-bond acceptors (Lipinski definition) is 5. The molecule has 3 aromatic carbocycles. The predicted octanol–water partition coefficient (Wildman–Crippen LogP) is 5.50. The number of Topliss-reactive ketones (excluding diaryl/α,β-unsaturated/α-hetero) is 1. The fraction of sp³-hybridized carbons (Fsp3) is 0.172. The van der Waals surface area contributed by atoms with Crippen molar-refractivity contribution >= 4 is 40.0 Å². The third kappa shape index (κ3) is 4.42. The minimum atomic E-state index is -0.827. The predicted molar refractivity (Wildman–Crippen MR) is 142 cm³/mol. The smallest absolute Gasteiger partial charge is 0.295 e. The number of para-hydroxylation sites is 1. The van der Waals surface area contributed by atoms with Crippen LogP contribution in [0.5, 0.6) is 11.5 Å². The molecule has 0 saturated carbocycles. The van der Waals surface area contributed by atoms with Gasteiger partial charge in [-0.3, -0.25) is 9.59 Å². The molecule has 1 amide bonds. The van der Waals surface area contributed by atoms with E-state index >= 15 is 0 Å². The van der Waals surface area contributed by atoms with E-state index in [0.29, 0.717) is 28.3 Å². The highest BCUT2D eigenvalue weighted by Crippen LogP contribution is 2.43. The van der Waals surface area contributed by atoms with Crippen molar-refractivity contribution in [1.29, 1.82) is 0 Å². The van der Waals surface area contributed by atoms with E-state index in [1.54, 1.807) is 43.5 Å². The molecule has 1 aromatic heterocycles. The molecule has 1 fully saturated rings. The van der Waals surface area contributed by atoms with Crippen molar-refractivity contribution in [3.8, 4) is 11.5 Å². The number of rotatable bonds is 7. The summed E-state index contributed by atoms with van der Waals surface area (Å²) in [5.74, 6) is -0.443. The lowest BCUT2D eigenvalue weighted by atomic mass is 9.94. The van der Waals surface area contributed by atoms with Gasteiger partial charge in [0, 0.05) is 39.8 Å². The number of fused-ring (bicyclic) bond motifs is 1. The van der Waals surface area contributed by atoms with E-state index in [1.165, 1.54) is 12.0 Å². The standard InChI is InChI=1S/C29H25ClN2O5/c1-36-20-11-12-23-22(15-20)18(16-31-23)13-14-32-26(21-5-3-4-6-24(21)37-2)25(28(34)29(32)35)27(33)17-7-9-19(30)10-8-17/h3-12,15-16,26,31,33H,13-14H2,1-2H3/t26-/m1/s1. The summed E-state index contributed by atoms with van der Waals surface area (Å²) < 4.78 is 10.9. The van der Waals surface area contributed by atoms with Gasteiger partial charge < -0.3 is 24.5 Å². The van der Waals surface area contributed by atoms with E-state index in [4.69, 9.17) is 21.1 Å². The molecular formula is C29H25ClN2O5. The highest BCUT2D eigenvalue weighted by atomic mass is 35.5. The Morgan fingerprint density at radius 1 is 1.03 bits per heavy atom. The van der Waals surface area contributed by atoms with Gasteiger partial charge in [0.2, 0.25) is 0 Å². The number of H-pyrrole nitrogens is 1. The van der Waals surface area contributed by atoms with Crippen LogP contribution in [-0.4, -0.2) is 47.4 Å². The number of aliphatic hydroxyl groups is 1. The second kappa shape index (κ2) is 10.0. The number of nitrogens with one attached hydrogen (secondary N) is 1. The molecule has 1 atom stereocenters. The number of methoxy groups -OCH3 is 2. The monoisotopic (exact) mass is 516 g/mol. The lowest BCUT2D eigenvalue weighted by Crippen LogP contribution is -2.31. The summed E-state index contributed by atoms with van der Waals surface area (Å²) in [7, 11) is 3.14. The van der Waals surface area contributed by atoms with Gasteiger partial charge in [-0.2, -0.15) is 0 Å². The van der Waals surface area contributed by atoms with Crippen molar-refractivity contribution in [2.24, 2.45) is 0 Å². The third-order valence-corrected chi connectivity index (χ3v) is 6.94. The first-order chi connectivity index (χ1) is 17.9. The zero-order valence-corrected chi connectivity index (χ0v) is 21.1. The van der Waals surface area contributed by atoms with E-state index < -0.39 is 17.7 Å². The molecule has 37 heavy (non-hydrogen) atoms. The zero-order chi connectivity index (χ0) is 26.1. The minimum absolute atomic E-state index is 0.0115. The number of halogens is 1. The summed E-state index contributed by atoms with van der Waals surface area (Å²) in [6, 6.07) is 18.6. The lowest BCUT2D eigenvalue weighted by molar-refractivity contribution is -0.139. The molecule has 1 aliphatic rings. The SMILES string of the molecule is COc1ccc2[nH]cc(CCN3C(=O)C(=O)C(=C(O)c4ccc(Cl)cc4)[C@H]3c3ccccc3OC)c2c1. The molecule has 188 valence electrons. The van der Waals surface area contributed by atoms with Crippen molar-refractivity contribution in [3.05, 3.63) is 100 Å². The van der Waals surface area contributed by atoms with Crippen LogP contribution in [0, 0.1) is 0 Å². The van der Waals surface area contributed by atoms with Crippen LogP contribution in [-0.2, 0) is 16.0 Å². The molecule has 0 radical (unpaired) electrons. The van der Waals surface area contributed by atoms with Crippen molar-refractivity contribution in [1.82, 2.24) is 9.88 Å². The molecule has 0 spiro atoms. The van der Waals surface area contributed by atoms with Gasteiger partial charge in [0.1, 0.15) is 17.3 Å². The molecule has 0 unspecified atom stereocenters. The Morgan fingerprint density at radius 2 is 1.78 bits per heavy atom. The van der Waals surface area contributed by atoms with Crippen molar-refractivity contribution < 1.29 is 24.2 Å². The van der Waals surface area contributed by atoms with Crippen LogP contribution < -0.4 is 9.47 Å². The second-order valence-corrected chi connectivity index (χ2v) is 9.15. The van der Waals surface area contributed by atoms with Crippen LogP contribution in [0.25, 0.3) is 16.7 Å². The van der Waals surface area contributed by atoms with Gasteiger partial charge in [0.05, 0.1) is 25.8 Å². The molecule has 8 heteroatoms. The maximum atomic E-state index is 13.4. The first-order valence-electron chi connectivity index (χ1n) is 11.7. The van der Waals surface area contributed by atoms with Gasteiger partial charge in [0.15, 0.2) is 0 Å². The number of amides is 1. The highest BCUT2D eigenvalue weighted by molar-refractivity contribution is 6.46. The first-order valence-corrected chi connectivity index (χ1v) is 12.1. The molecule has 0 aliphatic carbocycles. The number of nitrogens with zero attached hydrogens (tertiary/aromatic N) is 1. The number of ketones is 1. The normalized spacial score (nSPS) is 16.9. The topological polar surface area (TPSA) is 91.9 Å². The van der Waals surface area contributed by atoms with Gasteiger partial charge in [0.25, 0.3) is 11.7 Å². The van der Waals surface area contributed by atoms with Crippen LogP contribution in [0.1, 0.15) is 22.7 Å². The van der Waals surface area contributed by atoms with E-state index in [-0.39, 0.29) is 17.9 Å². The molecule has 5 rings (SSSR count). The van der Waals surface area contributed by atoms with Gasteiger partial charge >= 0.3 is 0 Å². The lowest BCUT2D eigenvalue weighted by Gasteiger charge is -2.26. The molecule has 2 N–H and O–H groups in total. The summed E-state index contributed by atoms with van der Waals surface area (Å²) >= 11 is 6.01. The van der Waals surface area contributed by atoms with Crippen LogP contribution in [0.4, 0.5) is 0 Å². The Kier molecular flexibility index (Phi) is 6.63. The number of carbonyl (C=O) groups excluding carboxylic acids is 2. The molecular weight excluding hydrogens is 492 g/mol. The number of carbonyl (C=O) groups is 2. The minimum Gasteiger partial charge on any atom is -0.507 e. The Morgan fingerprint density at radius 3 is 2.51 bits per heavy atom. The van der Waals surface area contributed by atoms with E-state index in [2.05, 4.69) is 4.98 Å². The molecule has 0 bridgehead atoms. The summed E-state index contributed by atoms with van der Waals surface area (Å²) in [6.45, 7) is 0.245. The van der Waals surface area contributed by atoms with Crippen LogP contribution in [0.15, 0.2) is 78.5 Å². The molecule has 4 aromatic rings. The van der Waals surface area contributed by atoms with Crippen LogP contribution in [0.3, 0.4) is 0 Å². The number of aromatic nitrogens is 1. The number of likely N-dealkylation sites (tertiary alicyclic amines) is 1. The molecule has 1 saturated heterocycles. The fourth-order valence-corrected chi connectivity index (χ4v) is 4.95. The van der Waals surface area contributed by atoms with Gasteiger partial charge in [-0.05, 0) is 60.5 Å². The van der Waals surface area contributed by atoms with E-state index in [9.17, 15) is 14.7 Å². The number of ether oxygens (including phenoxy) is 2. The number of benzene rings is 3. The van der Waals surface area contributed by atoms with Crippen molar-refractivity contribution in [2.45, 2.75) is 12.5 Å². The Labute approximate surface area is 218 Å². The van der Waals surface area contributed by atoms with Crippen molar-refractivity contribution in [2.75, 3.05) is 20.8 Å². The summed E-state index contributed by atoms with van der Waals surface area (Å²) in [5.41, 5.74) is 2.94. The largest absolute Gasteiger partial charge is 0.507 e. The van der Waals surface area contributed by atoms with E-state index in [1.807, 2.05) is 36.5 Å².